The van der Waals surface area contributed by atoms with E-state index in [0.29, 0.717) is 17.4 Å². The Bertz CT molecular complexity index is 573. The highest BCUT2D eigenvalue weighted by atomic mass is 35.5. The lowest BCUT2D eigenvalue weighted by molar-refractivity contribution is 0.744. The minimum absolute atomic E-state index is 0.272. The standard InChI is InChI=1S/C15H18ClN3/c1-9(8-17)14-10(2)18-15(19-11(14)3)12-5-4-6-13(16)7-12/h4-7,9H,8,17H2,1-3H3. The summed E-state index contributed by atoms with van der Waals surface area (Å²) >= 11 is 6.01. The Kier molecular flexibility index (Phi) is 4.17. The van der Waals surface area contributed by atoms with E-state index in [4.69, 9.17) is 17.3 Å². The maximum absolute atomic E-state index is 6.01. The number of rotatable bonds is 3. The first-order chi connectivity index (χ1) is 9.02. The van der Waals surface area contributed by atoms with Crippen LogP contribution in [-0.4, -0.2) is 16.5 Å². The fraction of sp³-hybridized carbons (Fsp3) is 0.333. The van der Waals surface area contributed by atoms with Gasteiger partial charge in [-0.25, -0.2) is 9.97 Å². The van der Waals surface area contributed by atoms with Crippen molar-refractivity contribution in [2.75, 3.05) is 6.54 Å². The number of nitrogens with zero attached hydrogens (tertiary/aromatic N) is 2. The summed E-state index contributed by atoms with van der Waals surface area (Å²) in [6, 6.07) is 7.59. The van der Waals surface area contributed by atoms with Crippen LogP contribution in [0.2, 0.25) is 5.02 Å². The zero-order chi connectivity index (χ0) is 14.0. The number of nitrogens with two attached hydrogens (primary N) is 1. The average molecular weight is 276 g/mol. The maximum atomic E-state index is 6.01. The first kappa shape index (κ1) is 14.0. The van der Waals surface area contributed by atoms with Gasteiger partial charge in [0.15, 0.2) is 5.82 Å². The van der Waals surface area contributed by atoms with E-state index in [1.165, 1.54) is 0 Å². The van der Waals surface area contributed by atoms with Crippen molar-refractivity contribution in [3.05, 3.63) is 46.2 Å². The third kappa shape index (κ3) is 2.94. The van der Waals surface area contributed by atoms with E-state index in [1.807, 2.05) is 38.1 Å². The molecular formula is C15H18ClN3. The van der Waals surface area contributed by atoms with Crippen LogP contribution in [0.1, 0.15) is 29.8 Å². The van der Waals surface area contributed by atoms with Crippen LogP contribution in [0.5, 0.6) is 0 Å². The number of aryl methyl sites for hydroxylation is 2. The zero-order valence-corrected chi connectivity index (χ0v) is 12.2. The molecule has 2 N–H and O–H groups in total. The second-order valence-corrected chi connectivity index (χ2v) is 5.22. The number of hydrogen-bond acceptors (Lipinski definition) is 3. The molecule has 0 aliphatic rings. The summed E-state index contributed by atoms with van der Waals surface area (Å²) in [5, 5.41) is 0.691. The number of benzene rings is 1. The van der Waals surface area contributed by atoms with Crippen LogP contribution < -0.4 is 5.73 Å². The lowest BCUT2D eigenvalue weighted by Gasteiger charge is -2.15. The molecule has 0 aliphatic heterocycles. The third-order valence-electron chi connectivity index (χ3n) is 3.26. The highest BCUT2D eigenvalue weighted by Gasteiger charge is 2.14. The van der Waals surface area contributed by atoms with Gasteiger partial charge in [-0.05, 0) is 44.0 Å². The van der Waals surface area contributed by atoms with Crippen LogP contribution in [0, 0.1) is 13.8 Å². The van der Waals surface area contributed by atoms with Crippen LogP contribution in [-0.2, 0) is 0 Å². The van der Waals surface area contributed by atoms with E-state index in [9.17, 15) is 0 Å². The van der Waals surface area contributed by atoms with E-state index in [2.05, 4.69) is 16.9 Å². The molecule has 1 atom stereocenters. The van der Waals surface area contributed by atoms with Crippen molar-refractivity contribution in [1.82, 2.24) is 9.97 Å². The number of aromatic nitrogens is 2. The average Bonchev–Trinajstić information content (AvgIpc) is 2.37. The molecule has 4 heteroatoms. The second kappa shape index (κ2) is 5.68. The molecule has 19 heavy (non-hydrogen) atoms. The molecule has 2 rings (SSSR count). The second-order valence-electron chi connectivity index (χ2n) is 4.78. The molecule has 0 bridgehead atoms. The lowest BCUT2D eigenvalue weighted by Crippen LogP contribution is -2.14. The minimum atomic E-state index is 0.272. The Morgan fingerprint density at radius 3 is 2.37 bits per heavy atom. The molecule has 1 aromatic carbocycles. The number of hydrogen-bond donors (Lipinski definition) is 1. The Balaban J connectivity index is 2.51. The predicted molar refractivity (Wildman–Crippen MR) is 79.4 cm³/mol. The van der Waals surface area contributed by atoms with Crippen molar-refractivity contribution in [2.24, 2.45) is 5.73 Å². The summed E-state index contributed by atoms with van der Waals surface area (Å²) in [7, 11) is 0. The van der Waals surface area contributed by atoms with E-state index in [0.717, 1.165) is 22.5 Å². The fourth-order valence-corrected chi connectivity index (χ4v) is 2.50. The maximum Gasteiger partial charge on any atom is 0.159 e. The topological polar surface area (TPSA) is 51.8 Å². The molecule has 100 valence electrons. The molecule has 0 fully saturated rings. The van der Waals surface area contributed by atoms with E-state index < -0.39 is 0 Å². The minimum Gasteiger partial charge on any atom is -0.330 e. The zero-order valence-electron chi connectivity index (χ0n) is 11.4. The van der Waals surface area contributed by atoms with E-state index in [-0.39, 0.29) is 5.92 Å². The van der Waals surface area contributed by atoms with Gasteiger partial charge in [-0.3, -0.25) is 0 Å². The summed E-state index contributed by atoms with van der Waals surface area (Å²) in [4.78, 5) is 9.18. The van der Waals surface area contributed by atoms with Crippen LogP contribution in [0.15, 0.2) is 24.3 Å². The highest BCUT2D eigenvalue weighted by molar-refractivity contribution is 6.30. The molecule has 0 aliphatic carbocycles. The molecule has 1 unspecified atom stereocenters. The van der Waals surface area contributed by atoms with Crippen molar-refractivity contribution >= 4 is 11.6 Å². The first-order valence-corrected chi connectivity index (χ1v) is 6.72. The molecule has 0 radical (unpaired) electrons. The van der Waals surface area contributed by atoms with Gasteiger partial charge in [0, 0.05) is 22.0 Å². The normalized spacial score (nSPS) is 12.5. The smallest absolute Gasteiger partial charge is 0.159 e. The summed E-state index contributed by atoms with van der Waals surface area (Å²) < 4.78 is 0. The first-order valence-electron chi connectivity index (χ1n) is 6.34. The lowest BCUT2D eigenvalue weighted by atomic mass is 9.98. The quantitative estimate of drug-likeness (QED) is 0.933. The molecule has 0 saturated carbocycles. The predicted octanol–water partition coefficient (Wildman–Crippen LogP) is 3.48. The third-order valence-corrected chi connectivity index (χ3v) is 3.49. The van der Waals surface area contributed by atoms with Crippen molar-refractivity contribution in [3.8, 4) is 11.4 Å². The molecule has 0 saturated heterocycles. The van der Waals surface area contributed by atoms with Crippen LogP contribution >= 0.6 is 11.6 Å². The van der Waals surface area contributed by atoms with Gasteiger partial charge in [-0.15, -0.1) is 0 Å². The Labute approximate surface area is 118 Å². The Morgan fingerprint density at radius 2 is 1.84 bits per heavy atom. The fourth-order valence-electron chi connectivity index (χ4n) is 2.31. The molecule has 2 aromatic rings. The highest BCUT2D eigenvalue weighted by Crippen LogP contribution is 2.25. The molecule has 1 aromatic heterocycles. The monoisotopic (exact) mass is 275 g/mol. The summed E-state index contributed by atoms with van der Waals surface area (Å²) in [6.07, 6.45) is 0. The molecule has 1 heterocycles. The van der Waals surface area contributed by atoms with Gasteiger partial charge in [0.1, 0.15) is 0 Å². The van der Waals surface area contributed by atoms with Crippen LogP contribution in [0.3, 0.4) is 0 Å². The van der Waals surface area contributed by atoms with E-state index >= 15 is 0 Å². The molecular weight excluding hydrogens is 258 g/mol. The van der Waals surface area contributed by atoms with Gasteiger partial charge in [0.25, 0.3) is 0 Å². The Hall–Kier alpha value is -1.45. The van der Waals surface area contributed by atoms with Gasteiger partial charge in [0.05, 0.1) is 0 Å². The molecule has 0 amide bonds. The van der Waals surface area contributed by atoms with Gasteiger partial charge < -0.3 is 5.73 Å². The molecule has 3 nitrogen and oxygen atoms in total. The van der Waals surface area contributed by atoms with Gasteiger partial charge in [-0.2, -0.15) is 0 Å². The van der Waals surface area contributed by atoms with Crippen molar-refractivity contribution < 1.29 is 0 Å². The van der Waals surface area contributed by atoms with Crippen molar-refractivity contribution in [1.29, 1.82) is 0 Å². The van der Waals surface area contributed by atoms with Gasteiger partial charge >= 0.3 is 0 Å². The van der Waals surface area contributed by atoms with Crippen molar-refractivity contribution in [2.45, 2.75) is 26.7 Å². The Morgan fingerprint density at radius 1 is 1.21 bits per heavy atom. The summed E-state index contributed by atoms with van der Waals surface area (Å²) in [5.74, 6) is 0.985. The summed E-state index contributed by atoms with van der Waals surface area (Å²) in [6.45, 7) is 6.70. The number of halogens is 1. The van der Waals surface area contributed by atoms with Crippen LogP contribution in [0.4, 0.5) is 0 Å². The molecule has 0 spiro atoms. The van der Waals surface area contributed by atoms with Gasteiger partial charge in [0.2, 0.25) is 0 Å². The largest absolute Gasteiger partial charge is 0.330 e. The summed E-state index contributed by atoms with van der Waals surface area (Å²) in [5.41, 5.74) is 9.79. The SMILES string of the molecule is Cc1nc(-c2cccc(Cl)c2)nc(C)c1C(C)CN. The van der Waals surface area contributed by atoms with E-state index in [1.54, 1.807) is 0 Å². The van der Waals surface area contributed by atoms with Gasteiger partial charge in [-0.1, -0.05) is 30.7 Å². The van der Waals surface area contributed by atoms with Crippen molar-refractivity contribution in [3.63, 3.8) is 0 Å². The van der Waals surface area contributed by atoms with Crippen LogP contribution in [0.25, 0.3) is 11.4 Å².